The van der Waals surface area contributed by atoms with E-state index in [4.69, 9.17) is 4.74 Å². The third-order valence-electron chi connectivity index (χ3n) is 7.91. The second-order valence-corrected chi connectivity index (χ2v) is 10.5. The lowest BCUT2D eigenvalue weighted by molar-refractivity contribution is -0.142. The summed E-state index contributed by atoms with van der Waals surface area (Å²) in [6.07, 6.45) is 2.35. The van der Waals surface area contributed by atoms with Crippen LogP contribution in [-0.4, -0.2) is 65.3 Å². The lowest BCUT2D eigenvalue weighted by atomic mass is 9.95. The fraction of sp³-hybridized carbons (Fsp3) is 0.281. The summed E-state index contributed by atoms with van der Waals surface area (Å²) in [7, 11) is 1.67. The topological polar surface area (TPSA) is 82.2 Å². The zero-order chi connectivity index (χ0) is 27.6. The first-order chi connectivity index (χ1) is 19.5. The lowest BCUT2D eigenvalue weighted by Crippen LogP contribution is -2.50. The van der Waals surface area contributed by atoms with Crippen molar-refractivity contribution in [3.05, 3.63) is 107 Å². The van der Waals surface area contributed by atoms with E-state index in [1.807, 2.05) is 89.8 Å². The van der Waals surface area contributed by atoms with Gasteiger partial charge in [-0.3, -0.25) is 14.5 Å². The minimum atomic E-state index is -0.658. The molecule has 0 radical (unpaired) electrons. The maximum atomic E-state index is 14.2. The summed E-state index contributed by atoms with van der Waals surface area (Å²) in [5.74, 6) is 1.03. The molecule has 1 saturated heterocycles. The summed E-state index contributed by atoms with van der Waals surface area (Å²) in [5, 5.41) is 3.00. The van der Waals surface area contributed by atoms with E-state index in [1.165, 1.54) is 4.90 Å². The quantitative estimate of drug-likeness (QED) is 0.482. The van der Waals surface area contributed by atoms with Gasteiger partial charge >= 0.3 is 6.03 Å². The number of benzene rings is 3. The highest BCUT2D eigenvalue weighted by Gasteiger charge is 2.47. The Hall–Kier alpha value is -4.59. The molecule has 40 heavy (non-hydrogen) atoms. The van der Waals surface area contributed by atoms with Crippen molar-refractivity contribution in [3.8, 4) is 11.5 Å². The van der Waals surface area contributed by atoms with Crippen LogP contribution in [0, 0.1) is 0 Å². The van der Waals surface area contributed by atoms with E-state index in [2.05, 4.69) is 5.32 Å². The summed E-state index contributed by atoms with van der Waals surface area (Å²) in [4.78, 5) is 46.1. The molecule has 4 amide bonds. The molecule has 3 heterocycles. The molecule has 3 aromatic carbocycles. The Morgan fingerprint density at radius 1 is 0.925 bits per heavy atom. The molecule has 1 fully saturated rings. The number of nitrogens with zero attached hydrogens (tertiary/aromatic N) is 3. The van der Waals surface area contributed by atoms with E-state index < -0.39 is 12.1 Å². The molecule has 204 valence electrons. The number of urea groups is 1. The number of likely N-dealkylation sites (tertiary alicyclic amines) is 1. The van der Waals surface area contributed by atoms with Gasteiger partial charge in [0.1, 0.15) is 17.5 Å². The number of carbonyl (C=O) groups is 3. The Labute approximate surface area is 233 Å². The molecule has 8 nitrogen and oxygen atoms in total. The van der Waals surface area contributed by atoms with Gasteiger partial charge in [0.25, 0.3) is 5.91 Å². The SMILES string of the molecule is CN1C(=O)N[C@@H](c2cccc(Oc3ccccc3)c2)C2=C1CN([C@H](Cc1ccccc1)C(=O)N1CCCC1)C2=O. The van der Waals surface area contributed by atoms with Crippen molar-refractivity contribution in [1.82, 2.24) is 20.0 Å². The largest absolute Gasteiger partial charge is 0.457 e. The van der Waals surface area contributed by atoms with Gasteiger partial charge in [0.05, 0.1) is 23.9 Å². The van der Waals surface area contributed by atoms with Crippen molar-refractivity contribution >= 4 is 17.8 Å². The van der Waals surface area contributed by atoms with Gasteiger partial charge in [-0.15, -0.1) is 0 Å². The first-order valence-corrected chi connectivity index (χ1v) is 13.7. The third-order valence-corrected chi connectivity index (χ3v) is 7.91. The second kappa shape index (κ2) is 10.9. The van der Waals surface area contributed by atoms with Gasteiger partial charge in [0, 0.05) is 26.6 Å². The van der Waals surface area contributed by atoms with Crippen LogP contribution in [0.15, 0.2) is 96.2 Å². The molecule has 0 spiro atoms. The Balaban J connectivity index is 1.32. The highest BCUT2D eigenvalue weighted by atomic mass is 16.5. The monoisotopic (exact) mass is 536 g/mol. The molecule has 6 rings (SSSR count). The van der Waals surface area contributed by atoms with E-state index in [0.29, 0.717) is 42.3 Å². The van der Waals surface area contributed by atoms with Crippen LogP contribution < -0.4 is 10.1 Å². The third kappa shape index (κ3) is 4.93. The molecule has 0 aromatic heterocycles. The summed E-state index contributed by atoms with van der Waals surface area (Å²) in [6, 6.07) is 25.1. The van der Waals surface area contributed by atoms with Crippen LogP contribution in [0.5, 0.6) is 11.5 Å². The van der Waals surface area contributed by atoms with Crippen LogP contribution in [-0.2, 0) is 16.0 Å². The molecular formula is C32H32N4O4. The molecule has 0 saturated carbocycles. The average molecular weight is 537 g/mol. The number of rotatable bonds is 7. The number of amides is 4. The highest BCUT2D eigenvalue weighted by molar-refractivity contribution is 6.03. The van der Waals surface area contributed by atoms with Crippen LogP contribution in [0.25, 0.3) is 0 Å². The molecule has 3 aromatic rings. The summed E-state index contributed by atoms with van der Waals surface area (Å²) < 4.78 is 6.03. The summed E-state index contributed by atoms with van der Waals surface area (Å²) in [5.41, 5.74) is 2.84. The number of hydrogen-bond donors (Lipinski definition) is 1. The normalized spacial score (nSPS) is 19.5. The predicted octanol–water partition coefficient (Wildman–Crippen LogP) is 4.51. The van der Waals surface area contributed by atoms with Crippen molar-refractivity contribution in [2.75, 3.05) is 26.7 Å². The Morgan fingerprint density at radius 2 is 1.60 bits per heavy atom. The van der Waals surface area contributed by atoms with E-state index in [9.17, 15) is 14.4 Å². The van der Waals surface area contributed by atoms with Crippen LogP contribution in [0.1, 0.15) is 30.0 Å². The van der Waals surface area contributed by atoms with Crippen LogP contribution in [0.3, 0.4) is 0 Å². The molecular weight excluding hydrogens is 504 g/mol. The van der Waals surface area contributed by atoms with Gasteiger partial charge in [0.15, 0.2) is 0 Å². The fourth-order valence-corrected chi connectivity index (χ4v) is 5.79. The maximum absolute atomic E-state index is 14.2. The molecule has 3 aliphatic rings. The molecule has 1 N–H and O–H groups in total. The predicted molar refractivity (Wildman–Crippen MR) is 150 cm³/mol. The van der Waals surface area contributed by atoms with Crippen molar-refractivity contribution in [3.63, 3.8) is 0 Å². The van der Waals surface area contributed by atoms with Crippen molar-refractivity contribution < 1.29 is 19.1 Å². The van der Waals surface area contributed by atoms with Gasteiger partial charge in [-0.1, -0.05) is 60.7 Å². The minimum absolute atomic E-state index is 0.0358. The maximum Gasteiger partial charge on any atom is 0.322 e. The smallest absolute Gasteiger partial charge is 0.322 e. The Bertz CT molecular complexity index is 1450. The molecule has 3 aliphatic heterocycles. The van der Waals surface area contributed by atoms with Crippen LogP contribution in [0.2, 0.25) is 0 Å². The van der Waals surface area contributed by atoms with Crippen molar-refractivity contribution in [2.45, 2.75) is 31.3 Å². The van der Waals surface area contributed by atoms with E-state index in [-0.39, 0.29) is 24.4 Å². The number of likely N-dealkylation sites (N-methyl/N-ethyl adjacent to an activating group) is 1. The van der Waals surface area contributed by atoms with Gasteiger partial charge in [0.2, 0.25) is 5.91 Å². The number of para-hydroxylation sites is 1. The molecule has 0 bridgehead atoms. The second-order valence-electron chi connectivity index (χ2n) is 10.5. The Morgan fingerprint density at radius 3 is 2.33 bits per heavy atom. The molecule has 0 aliphatic carbocycles. The van der Waals surface area contributed by atoms with Gasteiger partial charge in [-0.25, -0.2) is 4.79 Å². The van der Waals surface area contributed by atoms with E-state index in [0.717, 1.165) is 24.0 Å². The van der Waals surface area contributed by atoms with Crippen LogP contribution >= 0.6 is 0 Å². The van der Waals surface area contributed by atoms with Gasteiger partial charge in [-0.2, -0.15) is 0 Å². The Kier molecular flexibility index (Phi) is 6.99. The van der Waals surface area contributed by atoms with E-state index >= 15 is 0 Å². The van der Waals surface area contributed by atoms with Gasteiger partial charge in [-0.05, 0) is 48.2 Å². The molecule has 2 atom stereocenters. The van der Waals surface area contributed by atoms with Crippen molar-refractivity contribution in [2.24, 2.45) is 0 Å². The zero-order valence-corrected chi connectivity index (χ0v) is 22.5. The zero-order valence-electron chi connectivity index (χ0n) is 22.5. The fourth-order valence-electron chi connectivity index (χ4n) is 5.79. The highest BCUT2D eigenvalue weighted by Crippen LogP contribution is 2.38. The minimum Gasteiger partial charge on any atom is -0.457 e. The molecule has 8 heteroatoms. The summed E-state index contributed by atoms with van der Waals surface area (Å²) >= 11 is 0. The van der Waals surface area contributed by atoms with Crippen molar-refractivity contribution in [1.29, 1.82) is 0 Å². The average Bonchev–Trinajstić information content (AvgIpc) is 3.64. The van der Waals surface area contributed by atoms with Gasteiger partial charge < -0.3 is 19.9 Å². The number of nitrogens with one attached hydrogen (secondary N) is 1. The standard InChI is InChI=1S/C32H32N4O4/c1-34-27-21-36(26(19-22-11-4-2-5-12-22)30(37)35-17-8-9-18-35)31(38)28(27)29(33-32(34)39)23-13-10-16-25(20-23)40-24-14-6-3-7-15-24/h2-7,10-16,20,26,29H,8-9,17-19,21H2,1H3,(H,33,39)/t26-,29+/m1/s1. The number of carbonyl (C=O) groups excluding carboxylic acids is 3. The first-order valence-electron chi connectivity index (χ1n) is 13.7. The number of hydrogen-bond acceptors (Lipinski definition) is 4. The molecule has 0 unspecified atom stereocenters. The van der Waals surface area contributed by atoms with E-state index in [1.54, 1.807) is 11.9 Å². The van der Waals surface area contributed by atoms with Crippen LogP contribution in [0.4, 0.5) is 4.79 Å². The first kappa shape index (κ1) is 25.7. The lowest BCUT2D eigenvalue weighted by Gasteiger charge is -2.31. The number of ether oxygens (including phenoxy) is 1. The summed E-state index contributed by atoms with van der Waals surface area (Å²) in [6.45, 7) is 1.61.